The number of nitrogens with one attached hydrogen (secondary N) is 1. The Labute approximate surface area is 97.2 Å². The molecule has 0 saturated heterocycles. The molecule has 2 atom stereocenters. The Balaban J connectivity index is 4.03. The number of carbonyl (C=O) groups is 2. The number of aliphatic imine (C=N–C) groups is 1. The molecule has 0 heterocycles. The molecule has 0 aliphatic carbocycles. The van der Waals surface area contributed by atoms with Crippen molar-refractivity contribution in [3.63, 3.8) is 0 Å². The third-order valence-corrected chi connectivity index (χ3v) is 2.37. The number of aliphatic hydroxyl groups is 1. The van der Waals surface area contributed by atoms with E-state index in [1.807, 2.05) is 0 Å². The van der Waals surface area contributed by atoms with E-state index in [-0.39, 0.29) is 19.0 Å². The molecule has 0 fully saturated rings. The number of carbonyl (C=O) groups excluding carboxylic acids is 1. The summed E-state index contributed by atoms with van der Waals surface area (Å²) in [5, 5.41) is 16.5. The zero-order chi connectivity index (χ0) is 12.6. The van der Waals surface area contributed by atoms with E-state index < -0.39 is 17.3 Å². The Morgan fingerprint density at radius 2 is 2.31 bits per heavy atom. The van der Waals surface area contributed by atoms with Crippen LogP contribution in [0.15, 0.2) is 4.99 Å². The van der Waals surface area contributed by atoms with Crippen LogP contribution in [0.5, 0.6) is 0 Å². The van der Waals surface area contributed by atoms with Gasteiger partial charge in [-0.15, -0.1) is 0 Å². The molecule has 0 aromatic carbocycles. The van der Waals surface area contributed by atoms with E-state index in [9.17, 15) is 9.59 Å². The minimum absolute atomic E-state index is 0.0269. The maximum atomic E-state index is 10.3. The second-order valence-electron chi connectivity index (χ2n) is 3.04. The van der Waals surface area contributed by atoms with Gasteiger partial charge in [-0.05, 0) is 18.9 Å². The number of nitrogens with two attached hydrogens (primary N) is 1. The van der Waals surface area contributed by atoms with Crippen molar-refractivity contribution in [1.82, 2.24) is 4.72 Å². The Morgan fingerprint density at radius 3 is 2.75 bits per heavy atom. The predicted octanol–water partition coefficient (Wildman–Crippen LogP) is -1.04. The zero-order valence-electron chi connectivity index (χ0n) is 8.79. The van der Waals surface area contributed by atoms with Crippen LogP contribution in [0.4, 0.5) is 0 Å². The number of hydrogen-bond acceptors (Lipinski definition) is 5. The van der Waals surface area contributed by atoms with Crippen molar-refractivity contribution in [1.29, 1.82) is 0 Å². The monoisotopic (exact) mass is 249 g/mol. The molecule has 92 valence electrons. The average molecular weight is 249 g/mol. The van der Waals surface area contributed by atoms with Gasteiger partial charge in [0.1, 0.15) is 11.5 Å². The van der Waals surface area contributed by atoms with Crippen LogP contribution in [-0.4, -0.2) is 46.3 Å². The van der Waals surface area contributed by atoms with Crippen molar-refractivity contribution >= 4 is 30.2 Å². The maximum absolute atomic E-state index is 10.3. The summed E-state index contributed by atoms with van der Waals surface area (Å²) in [5.74, 6) is -0.933. The minimum atomic E-state index is -0.960. The van der Waals surface area contributed by atoms with Crippen LogP contribution >= 0.6 is 11.9 Å². The Hall–Kier alpha value is -1.28. The number of rotatable bonds is 7. The highest BCUT2D eigenvalue weighted by Gasteiger charge is 2.09. The first-order chi connectivity index (χ1) is 7.49. The van der Waals surface area contributed by atoms with Crippen molar-refractivity contribution in [3.05, 3.63) is 0 Å². The van der Waals surface area contributed by atoms with Crippen LogP contribution in [0.3, 0.4) is 0 Å². The second-order valence-corrected chi connectivity index (χ2v) is 4.08. The van der Waals surface area contributed by atoms with Crippen LogP contribution in [-0.2, 0) is 9.59 Å². The number of carboxylic acid groups (broad SMARTS) is 1. The van der Waals surface area contributed by atoms with E-state index in [1.54, 1.807) is 6.92 Å². The smallest absolute Gasteiger partial charge is 0.305 e. The Morgan fingerprint density at radius 1 is 1.69 bits per heavy atom. The lowest BCUT2D eigenvalue weighted by atomic mass is 10.2. The fourth-order valence-corrected chi connectivity index (χ4v) is 1.26. The Kier molecular flexibility index (Phi) is 7.31. The van der Waals surface area contributed by atoms with Gasteiger partial charge in [-0.2, -0.15) is 0 Å². The lowest BCUT2D eigenvalue weighted by Gasteiger charge is -2.09. The fourth-order valence-electron chi connectivity index (χ4n) is 0.806. The standard InChI is InChI=1S/C8H15N3O4S/c1-5(2-7(14)15)10-8(9)11-16-6(3-12)4-13/h3,5-6,13H,2,4H2,1H3,(H,14,15)(H3,9,10,11). The molecule has 0 aromatic rings. The molecule has 7 nitrogen and oxygen atoms in total. The fraction of sp³-hybridized carbons (Fsp3) is 0.625. The first-order valence-electron chi connectivity index (χ1n) is 4.52. The Bertz CT molecular complexity index is 272. The average Bonchev–Trinajstić information content (AvgIpc) is 2.17. The highest BCUT2D eigenvalue weighted by Crippen LogP contribution is 2.02. The number of guanidine groups is 1. The highest BCUT2D eigenvalue weighted by molar-refractivity contribution is 7.99. The van der Waals surface area contributed by atoms with E-state index in [0.717, 1.165) is 11.9 Å². The number of aliphatic hydroxyl groups excluding tert-OH is 1. The first kappa shape index (κ1) is 14.7. The molecule has 0 aliphatic heterocycles. The van der Waals surface area contributed by atoms with Crippen LogP contribution in [0, 0.1) is 0 Å². The molecule has 0 saturated carbocycles. The number of carboxylic acids is 1. The summed E-state index contributed by atoms with van der Waals surface area (Å²) in [6.07, 6.45) is 0.454. The van der Waals surface area contributed by atoms with Crippen molar-refractivity contribution in [2.45, 2.75) is 24.6 Å². The zero-order valence-corrected chi connectivity index (χ0v) is 9.61. The lowest BCUT2D eigenvalue weighted by Crippen LogP contribution is -2.31. The second kappa shape index (κ2) is 7.94. The van der Waals surface area contributed by atoms with Gasteiger partial charge < -0.3 is 20.7 Å². The molecule has 0 amide bonds. The van der Waals surface area contributed by atoms with Gasteiger partial charge in [0.25, 0.3) is 0 Å². The van der Waals surface area contributed by atoms with Crippen LogP contribution in [0.1, 0.15) is 13.3 Å². The van der Waals surface area contributed by atoms with E-state index in [2.05, 4.69) is 9.71 Å². The van der Waals surface area contributed by atoms with Crippen LogP contribution < -0.4 is 10.5 Å². The molecule has 0 aromatic heterocycles. The van der Waals surface area contributed by atoms with Crippen molar-refractivity contribution in [3.8, 4) is 0 Å². The summed E-state index contributed by atoms with van der Waals surface area (Å²) in [6, 6.07) is -0.450. The molecule has 0 radical (unpaired) electrons. The van der Waals surface area contributed by atoms with Gasteiger partial charge in [0.2, 0.25) is 0 Å². The minimum Gasteiger partial charge on any atom is -0.481 e. The summed E-state index contributed by atoms with van der Waals surface area (Å²) in [6.45, 7) is 1.30. The van der Waals surface area contributed by atoms with Crippen molar-refractivity contribution in [2.24, 2.45) is 10.7 Å². The van der Waals surface area contributed by atoms with Gasteiger partial charge in [-0.1, -0.05) is 0 Å². The van der Waals surface area contributed by atoms with Gasteiger partial charge in [0.15, 0.2) is 5.96 Å². The summed E-state index contributed by atoms with van der Waals surface area (Å²) < 4.78 is 2.55. The molecule has 0 aliphatic rings. The van der Waals surface area contributed by atoms with Gasteiger partial charge >= 0.3 is 5.97 Å². The molecular formula is C8H15N3O4S. The number of aliphatic carboxylic acids is 1. The molecule has 0 spiro atoms. The number of hydrogen-bond donors (Lipinski definition) is 4. The quantitative estimate of drug-likeness (QED) is 0.196. The highest BCUT2D eigenvalue weighted by atomic mass is 32.2. The van der Waals surface area contributed by atoms with E-state index in [1.165, 1.54) is 0 Å². The van der Waals surface area contributed by atoms with Gasteiger partial charge in [-0.3, -0.25) is 9.52 Å². The largest absolute Gasteiger partial charge is 0.481 e. The summed E-state index contributed by atoms with van der Waals surface area (Å²) in [7, 11) is 0. The van der Waals surface area contributed by atoms with E-state index >= 15 is 0 Å². The molecule has 2 unspecified atom stereocenters. The molecule has 0 rings (SSSR count). The van der Waals surface area contributed by atoms with E-state index in [4.69, 9.17) is 15.9 Å². The van der Waals surface area contributed by atoms with Crippen molar-refractivity contribution < 1.29 is 19.8 Å². The maximum Gasteiger partial charge on any atom is 0.305 e. The van der Waals surface area contributed by atoms with Crippen molar-refractivity contribution in [2.75, 3.05) is 6.61 Å². The molecule has 5 N–H and O–H groups in total. The predicted molar refractivity (Wildman–Crippen MR) is 61.0 cm³/mol. The molecule has 0 bridgehead atoms. The first-order valence-corrected chi connectivity index (χ1v) is 5.40. The van der Waals surface area contributed by atoms with E-state index in [0.29, 0.717) is 6.29 Å². The van der Waals surface area contributed by atoms with Crippen LogP contribution in [0.25, 0.3) is 0 Å². The third-order valence-electron chi connectivity index (χ3n) is 1.48. The topological polar surface area (TPSA) is 125 Å². The summed E-state index contributed by atoms with van der Waals surface area (Å²) >= 11 is 0.919. The SMILES string of the molecule is CC(CC(=O)O)N=C(N)NSC(C=O)CO. The van der Waals surface area contributed by atoms with Crippen LogP contribution in [0.2, 0.25) is 0 Å². The normalized spacial score (nSPS) is 15.2. The summed E-state index contributed by atoms with van der Waals surface area (Å²) in [5.41, 5.74) is 5.44. The number of aldehydes is 1. The summed E-state index contributed by atoms with van der Waals surface area (Å²) in [4.78, 5) is 24.5. The van der Waals surface area contributed by atoms with Gasteiger partial charge in [0, 0.05) is 0 Å². The molecular weight excluding hydrogens is 234 g/mol. The molecule has 16 heavy (non-hydrogen) atoms. The lowest BCUT2D eigenvalue weighted by molar-refractivity contribution is -0.137. The van der Waals surface area contributed by atoms with Gasteiger partial charge in [0.05, 0.1) is 19.1 Å². The molecule has 8 heteroatoms. The third kappa shape index (κ3) is 7.07. The van der Waals surface area contributed by atoms with Gasteiger partial charge in [-0.25, -0.2) is 4.99 Å². The number of nitrogens with zero attached hydrogens (tertiary/aromatic N) is 1.